The van der Waals surface area contributed by atoms with E-state index in [4.69, 9.17) is 0 Å². The third kappa shape index (κ3) is 7.51. The second-order valence-corrected chi connectivity index (χ2v) is 15.1. The number of thiazole rings is 1. The van der Waals surface area contributed by atoms with Gasteiger partial charge in [-0.15, -0.1) is 0 Å². The maximum absolute atomic E-state index is 12.1. The molecule has 6 rings (SSSR count). The first-order valence-corrected chi connectivity index (χ1v) is 18.0. The van der Waals surface area contributed by atoms with E-state index in [-0.39, 0.29) is 4.70 Å². The van der Waals surface area contributed by atoms with Crippen molar-refractivity contribution in [3.63, 3.8) is 0 Å². The van der Waals surface area contributed by atoms with Gasteiger partial charge in [0.1, 0.15) is 11.2 Å². The van der Waals surface area contributed by atoms with Crippen molar-refractivity contribution in [1.82, 2.24) is 0 Å². The molecule has 234 valence electrons. The van der Waals surface area contributed by atoms with Crippen LogP contribution in [0.2, 0.25) is 0 Å². The van der Waals surface area contributed by atoms with E-state index in [1.54, 1.807) is 17.4 Å². The quantitative estimate of drug-likeness (QED) is 0.199. The first-order valence-electron chi connectivity index (χ1n) is 14.5. The van der Waals surface area contributed by atoms with Gasteiger partial charge in [-0.25, -0.2) is 8.42 Å². The molecular formula is C32H35BF4N2O2S3. The van der Waals surface area contributed by atoms with Gasteiger partial charge in [0, 0.05) is 29.8 Å². The lowest BCUT2D eigenvalue weighted by Gasteiger charge is -2.28. The molecule has 1 atom stereocenters. The minimum absolute atomic E-state index is 0. The Labute approximate surface area is 265 Å². The van der Waals surface area contributed by atoms with Crippen LogP contribution in [0.5, 0.6) is 0 Å². The number of fused-ring (bicyclic) bond motifs is 3. The van der Waals surface area contributed by atoms with Gasteiger partial charge in [-0.1, -0.05) is 41.3 Å². The van der Waals surface area contributed by atoms with Gasteiger partial charge < -0.3 is 9.60 Å². The third-order valence-corrected chi connectivity index (χ3v) is 11.3. The Kier molecular flexibility index (Phi) is 10.9. The number of benzene rings is 2. The monoisotopic (exact) mass is 662 g/mol. The van der Waals surface area contributed by atoms with Crippen molar-refractivity contribution in [2.75, 3.05) is 17.7 Å². The van der Waals surface area contributed by atoms with E-state index < -0.39 is 17.4 Å². The molecule has 12 heteroatoms. The molecule has 44 heavy (non-hydrogen) atoms. The molecule has 1 aromatic heterocycles. The fourth-order valence-corrected chi connectivity index (χ4v) is 8.95. The zero-order chi connectivity index (χ0) is 30.9. The molecule has 1 aliphatic heterocycles. The average molecular weight is 663 g/mol. The molecule has 0 fully saturated rings. The summed E-state index contributed by atoms with van der Waals surface area (Å²) in [7, 11) is -6.90. The molecule has 2 aliphatic carbocycles. The lowest BCUT2D eigenvalue weighted by Crippen LogP contribution is -3.00. The molecule has 2 heterocycles. The summed E-state index contributed by atoms with van der Waals surface area (Å²) < 4.78 is 56.6. The fraction of sp³-hybridized carbons (Fsp3) is 0.344. The molecule has 3 aliphatic rings. The van der Waals surface area contributed by atoms with Crippen LogP contribution in [0.3, 0.4) is 0 Å². The number of rotatable bonds is 5. The highest BCUT2D eigenvalue weighted by Gasteiger charge is 2.27. The second kappa shape index (κ2) is 14.1. The number of sulfone groups is 1. The Morgan fingerprint density at radius 3 is 2.45 bits per heavy atom. The highest BCUT2D eigenvalue weighted by molar-refractivity contribution is 8.03. The van der Waals surface area contributed by atoms with Crippen LogP contribution in [0.15, 0.2) is 86.2 Å². The predicted molar refractivity (Wildman–Crippen MR) is 174 cm³/mol. The first kappa shape index (κ1) is 34.1. The van der Waals surface area contributed by atoms with Crippen molar-refractivity contribution in [1.29, 1.82) is 0 Å². The van der Waals surface area contributed by atoms with Crippen LogP contribution in [0, 0.1) is 12.8 Å². The van der Waals surface area contributed by atoms with Crippen LogP contribution in [0.1, 0.15) is 50.1 Å². The third-order valence-electron chi connectivity index (χ3n) is 8.00. The number of hydrogen-bond acceptors (Lipinski definition) is 5. The van der Waals surface area contributed by atoms with E-state index in [0.29, 0.717) is 10.8 Å². The van der Waals surface area contributed by atoms with Crippen molar-refractivity contribution in [3.8, 4) is 0 Å². The van der Waals surface area contributed by atoms with E-state index in [2.05, 4.69) is 72.7 Å². The molecule has 2 aromatic carbocycles. The summed E-state index contributed by atoms with van der Waals surface area (Å²) >= 11 is 3.63. The molecule has 0 amide bonds. The lowest BCUT2D eigenvalue weighted by molar-refractivity contribution is -0.665. The maximum Gasteiger partial charge on any atom is 0.762 e. The van der Waals surface area contributed by atoms with Crippen LogP contribution in [-0.4, -0.2) is 28.8 Å². The minimum Gasteiger partial charge on any atom is -1.00 e. The summed E-state index contributed by atoms with van der Waals surface area (Å²) in [5.74, 6) is 0.640. The van der Waals surface area contributed by atoms with Crippen LogP contribution < -0.4 is 14.2 Å². The highest BCUT2D eigenvalue weighted by Crippen LogP contribution is 2.47. The van der Waals surface area contributed by atoms with Crippen molar-refractivity contribution < 1.29 is 30.6 Å². The first-order chi connectivity index (χ1) is 20.5. The fourth-order valence-electron chi connectivity index (χ4n) is 5.94. The summed E-state index contributed by atoms with van der Waals surface area (Å²) in [6.07, 6.45) is 15.5. The van der Waals surface area contributed by atoms with E-state index in [9.17, 15) is 21.4 Å². The SMILES string of the molecule is CCN1C(=CC2=CC3=CC(=Cc4sc5ccc(S(C)(=O)=O)cc5[n+]4CC)CCC3CC2)Sc2ccc(C)cc21.FB(F)F.[F-]. The Morgan fingerprint density at radius 2 is 1.77 bits per heavy atom. The van der Waals surface area contributed by atoms with Crippen LogP contribution >= 0.6 is 23.1 Å². The minimum atomic E-state index is -3.67. The maximum atomic E-state index is 12.1. The zero-order valence-electron chi connectivity index (χ0n) is 25.1. The van der Waals surface area contributed by atoms with Crippen LogP contribution in [0.25, 0.3) is 16.3 Å². The second-order valence-electron chi connectivity index (χ2n) is 11.0. The van der Waals surface area contributed by atoms with Gasteiger partial charge in [-0.3, -0.25) is 12.9 Å². The summed E-state index contributed by atoms with van der Waals surface area (Å²) in [4.78, 5) is 4.17. The molecule has 0 bridgehead atoms. The summed E-state index contributed by atoms with van der Waals surface area (Å²) in [5, 5.41) is 2.51. The molecule has 3 aromatic rings. The summed E-state index contributed by atoms with van der Waals surface area (Å²) in [5.41, 5.74) is 7.87. The Bertz CT molecular complexity index is 1780. The van der Waals surface area contributed by atoms with Crippen molar-refractivity contribution in [2.45, 2.75) is 62.8 Å². The van der Waals surface area contributed by atoms with Gasteiger partial charge in [0.2, 0.25) is 5.52 Å². The number of nitrogens with zero attached hydrogens (tertiary/aromatic N) is 2. The molecule has 0 radical (unpaired) electrons. The number of thioether (sulfide) groups is 1. The van der Waals surface area contributed by atoms with Gasteiger partial charge in [0.05, 0.1) is 15.6 Å². The largest absolute Gasteiger partial charge is 1.00 e. The number of aryl methyl sites for hydroxylation is 2. The van der Waals surface area contributed by atoms with Crippen molar-refractivity contribution in [3.05, 3.63) is 86.9 Å². The lowest BCUT2D eigenvalue weighted by atomic mass is 9.77. The van der Waals surface area contributed by atoms with Crippen LogP contribution in [0.4, 0.5) is 18.6 Å². The number of hydrogen-bond donors (Lipinski definition) is 0. The zero-order valence-corrected chi connectivity index (χ0v) is 27.6. The predicted octanol–water partition coefficient (Wildman–Crippen LogP) is 5.72. The molecule has 0 spiro atoms. The van der Waals surface area contributed by atoms with Crippen molar-refractivity contribution in [2.24, 2.45) is 5.92 Å². The van der Waals surface area contributed by atoms with E-state index in [1.807, 2.05) is 23.9 Å². The molecule has 4 nitrogen and oxygen atoms in total. The Hall–Kier alpha value is -2.83. The number of aromatic nitrogens is 1. The van der Waals surface area contributed by atoms with Gasteiger partial charge in [0.15, 0.2) is 9.84 Å². The van der Waals surface area contributed by atoms with E-state index >= 15 is 0 Å². The molecule has 1 unspecified atom stereocenters. The van der Waals surface area contributed by atoms with Gasteiger partial charge >= 0.3 is 7.54 Å². The normalized spacial score (nSPS) is 19.5. The van der Waals surface area contributed by atoms with Gasteiger partial charge in [-0.2, -0.15) is 4.57 Å². The Balaban J connectivity index is 0.000000834. The molecular weight excluding hydrogens is 627 g/mol. The number of anilines is 1. The molecule has 0 saturated heterocycles. The summed E-state index contributed by atoms with van der Waals surface area (Å²) in [6.45, 7) is 8.30. The smallest absolute Gasteiger partial charge is 0.762 e. The molecule has 0 N–H and O–H groups in total. The highest BCUT2D eigenvalue weighted by atomic mass is 32.2. The Morgan fingerprint density at radius 1 is 1.05 bits per heavy atom. The average Bonchev–Trinajstić information content (AvgIpc) is 3.47. The molecule has 0 saturated carbocycles. The summed E-state index contributed by atoms with van der Waals surface area (Å²) in [6, 6.07) is 12.3. The van der Waals surface area contributed by atoms with E-state index in [0.717, 1.165) is 36.1 Å². The standard InChI is InChI=1S/C32H35N2O2S3.BF3.FH/c1-5-33-27-15-21(3)7-13-29(27)37-31(33)18-22-8-10-24-11-9-23(17-25(24)16-22)19-32-34(6-2)28-20-26(39(4,35)36)12-14-30(28)38-32;2-1(3)4;/h7,12-20,24H,5-6,8-11H2,1-4H3;;1H/q+1;;/p-1. The number of halogens is 4. The van der Waals surface area contributed by atoms with Crippen LogP contribution in [-0.2, 0) is 16.4 Å². The van der Waals surface area contributed by atoms with Crippen molar-refractivity contribution >= 4 is 62.5 Å². The van der Waals surface area contributed by atoms with Gasteiger partial charge in [0.25, 0.3) is 5.01 Å². The van der Waals surface area contributed by atoms with Gasteiger partial charge in [-0.05, 0) is 105 Å². The topological polar surface area (TPSA) is 41.3 Å². The van der Waals surface area contributed by atoms with E-state index in [1.165, 1.54) is 62.0 Å². The number of allylic oxidation sites excluding steroid dienone is 6.